The normalized spacial score (nSPS) is 12.9. The molecule has 0 aromatic carbocycles. The van der Waals surface area contributed by atoms with Gasteiger partial charge in [0.2, 0.25) is 0 Å². The predicted octanol–water partition coefficient (Wildman–Crippen LogP) is -1.33. The van der Waals surface area contributed by atoms with E-state index in [2.05, 4.69) is 20.5 Å². The molecule has 1 rings (SSSR count). The van der Waals surface area contributed by atoms with Gasteiger partial charge in [-0.05, 0) is 12.1 Å². The van der Waals surface area contributed by atoms with Crippen LogP contribution < -0.4 is 11.5 Å². The highest BCUT2D eigenvalue weighted by Crippen LogP contribution is 1.95. The van der Waals surface area contributed by atoms with Gasteiger partial charge in [-0.3, -0.25) is 0 Å². The van der Waals surface area contributed by atoms with E-state index in [4.69, 9.17) is 21.9 Å². The van der Waals surface area contributed by atoms with E-state index in [1.807, 2.05) is 0 Å². The van der Waals surface area contributed by atoms with Crippen LogP contribution in [0.3, 0.4) is 0 Å². The Morgan fingerprint density at radius 1 is 1.00 bits per heavy atom. The lowest BCUT2D eigenvalue weighted by atomic mass is 10.3. The number of nitrogens with zero attached hydrogens (tertiary/aromatic N) is 4. The molecule has 0 aliphatic rings. The first-order chi connectivity index (χ1) is 6.69. The molecular weight excluding hydrogens is 188 g/mol. The van der Waals surface area contributed by atoms with Gasteiger partial charge in [0.15, 0.2) is 11.7 Å². The monoisotopic (exact) mass is 196 g/mol. The molecule has 0 fully saturated rings. The van der Waals surface area contributed by atoms with Gasteiger partial charge in [-0.2, -0.15) is 0 Å². The van der Waals surface area contributed by atoms with Gasteiger partial charge in [0, 0.05) is 0 Å². The Hall–Kier alpha value is -2.38. The molecule has 0 saturated heterocycles. The minimum absolute atomic E-state index is 0.163. The zero-order valence-electron chi connectivity index (χ0n) is 6.99. The van der Waals surface area contributed by atoms with Crippen molar-refractivity contribution in [3.8, 4) is 0 Å². The van der Waals surface area contributed by atoms with Crippen molar-refractivity contribution in [2.24, 2.45) is 21.8 Å². The smallest absolute Gasteiger partial charge is 0.190 e. The maximum absolute atomic E-state index is 8.32. The Bertz CT molecular complexity index is 333. The zero-order valence-corrected chi connectivity index (χ0v) is 6.99. The summed E-state index contributed by atoms with van der Waals surface area (Å²) >= 11 is 0. The van der Waals surface area contributed by atoms with E-state index in [1.54, 1.807) is 0 Å². The van der Waals surface area contributed by atoms with Crippen LogP contribution in [0, 0.1) is 0 Å². The Kier molecular flexibility index (Phi) is 2.79. The summed E-state index contributed by atoms with van der Waals surface area (Å²) in [5.41, 5.74) is 10.9. The van der Waals surface area contributed by atoms with E-state index in [0.717, 1.165) is 0 Å². The van der Waals surface area contributed by atoms with Gasteiger partial charge in [-0.15, -0.1) is 10.2 Å². The zero-order chi connectivity index (χ0) is 10.6. The molecule has 0 aliphatic carbocycles. The lowest BCUT2D eigenvalue weighted by Gasteiger charge is -1.98. The fourth-order valence-electron chi connectivity index (χ4n) is 0.708. The molecule has 0 bridgehead atoms. The van der Waals surface area contributed by atoms with E-state index >= 15 is 0 Å². The van der Waals surface area contributed by atoms with Crippen LogP contribution in [0.2, 0.25) is 0 Å². The fourth-order valence-corrected chi connectivity index (χ4v) is 0.708. The Morgan fingerprint density at radius 3 is 1.57 bits per heavy atom. The molecule has 14 heavy (non-hydrogen) atoms. The maximum atomic E-state index is 8.32. The molecule has 6 N–H and O–H groups in total. The molecule has 8 heteroatoms. The van der Waals surface area contributed by atoms with Gasteiger partial charge >= 0.3 is 0 Å². The molecule has 1 heterocycles. The maximum Gasteiger partial charge on any atom is 0.190 e. The minimum Gasteiger partial charge on any atom is -0.409 e. The number of rotatable bonds is 2. The third kappa shape index (κ3) is 1.86. The van der Waals surface area contributed by atoms with Crippen molar-refractivity contribution < 1.29 is 10.4 Å². The van der Waals surface area contributed by atoms with Gasteiger partial charge in [0.25, 0.3) is 0 Å². The number of amidine groups is 2. The second-order valence-corrected chi connectivity index (χ2v) is 2.27. The highest BCUT2D eigenvalue weighted by atomic mass is 16.4. The van der Waals surface area contributed by atoms with Crippen LogP contribution in [0.4, 0.5) is 0 Å². The molecule has 8 nitrogen and oxygen atoms in total. The number of hydrogen-bond donors (Lipinski definition) is 4. The molecule has 0 aliphatic heterocycles. The van der Waals surface area contributed by atoms with Crippen molar-refractivity contribution in [1.82, 2.24) is 10.2 Å². The molecule has 0 radical (unpaired) electrons. The van der Waals surface area contributed by atoms with Crippen molar-refractivity contribution in [2.45, 2.75) is 0 Å². The van der Waals surface area contributed by atoms with Crippen LogP contribution in [0.5, 0.6) is 0 Å². The second-order valence-electron chi connectivity index (χ2n) is 2.27. The molecule has 0 amide bonds. The highest BCUT2D eigenvalue weighted by Gasteiger charge is 2.04. The average Bonchev–Trinajstić information content (AvgIpc) is 2.27. The van der Waals surface area contributed by atoms with E-state index in [9.17, 15) is 0 Å². The number of nitrogens with two attached hydrogens (primary N) is 2. The summed E-state index contributed by atoms with van der Waals surface area (Å²) in [7, 11) is 0. The molecule has 0 atom stereocenters. The van der Waals surface area contributed by atoms with E-state index in [-0.39, 0.29) is 23.1 Å². The summed E-state index contributed by atoms with van der Waals surface area (Å²) in [4.78, 5) is 0. The van der Waals surface area contributed by atoms with Gasteiger partial charge in [-0.1, -0.05) is 10.3 Å². The predicted molar refractivity (Wildman–Crippen MR) is 47.1 cm³/mol. The summed E-state index contributed by atoms with van der Waals surface area (Å²) in [5, 5.41) is 29.3. The van der Waals surface area contributed by atoms with Crippen LogP contribution in [-0.4, -0.2) is 32.3 Å². The summed E-state index contributed by atoms with van der Waals surface area (Å²) in [6.07, 6.45) is 0. The summed E-state index contributed by atoms with van der Waals surface area (Å²) in [6.45, 7) is 0. The molecule has 0 spiro atoms. The third-order valence-corrected chi connectivity index (χ3v) is 1.40. The minimum atomic E-state index is -0.163. The quantitative estimate of drug-likeness (QED) is 0.199. The lowest BCUT2D eigenvalue weighted by molar-refractivity contribution is 0.318. The van der Waals surface area contributed by atoms with Crippen molar-refractivity contribution in [2.75, 3.05) is 0 Å². The number of oxime groups is 2. The summed E-state index contributed by atoms with van der Waals surface area (Å²) in [5.74, 6) is -0.327. The molecule has 1 aromatic rings. The van der Waals surface area contributed by atoms with Crippen molar-refractivity contribution >= 4 is 11.7 Å². The van der Waals surface area contributed by atoms with Gasteiger partial charge in [-0.25, -0.2) is 0 Å². The van der Waals surface area contributed by atoms with Crippen molar-refractivity contribution in [1.29, 1.82) is 0 Å². The van der Waals surface area contributed by atoms with Crippen LogP contribution in [0.1, 0.15) is 11.4 Å². The lowest BCUT2D eigenvalue weighted by Crippen LogP contribution is -2.19. The molecule has 0 unspecified atom stereocenters. The topological polar surface area (TPSA) is 143 Å². The van der Waals surface area contributed by atoms with Crippen LogP contribution >= 0.6 is 0 Å². The van der Waals surface area contributed by atoms with Crippen molar-refractivity contribution in [3.05, 3.63) is 23.5 Å². The fraction of sp³-hybridized carbons (Fsp3) is 0. The van der Waals surface area contributed by atoms with Crippen LogP contribution in [0.15, 0.2) is 22.4 Å². The first-order valence-corrected chi connectivity index (χ1v) is 3.48. The Balaban J connectivity index is 3.01. The molecule has 74 valence electrons. The van der Waals surface area contributed by atoms with E-state index < -0.39 is 0 Å². The average molecular weight is 196 g/mol. The standard InChI is InChI=1S/C6H8N6O2/c7-5(11-13)3-1-2-4(10-9-3)6(8)12-14/h1-2,13-14H,(H2,7,11)(H2,8,12). The van der Waals surface area contributed by atoms with Gasteiger partial charge in [0.1, 0.15) is 11.4 Å². The summed E-state index contributed by atoms with van der Waals surface area (Å²) in [6, 6.07) is 2.85. The van der Waals surface area contributed by atoms with Gasteiger partial charge < -0.3 is 21.9 Å². The third-order valence-electron chi connectivity index (χ3n) is 1.40. The van der Waals surface area contributed by atoms with Crippen LogP contribution in [-0.2, 0) is 0 Å². The first kappa shape index (κ1) is 9.71. The Morgan fingerprint density at radius 2 is 1.36 bits per heavy atom. The first-order valence-electron chi connectivity index (χ1n) is 3.48. The largest absolute Gasteiger partial charge is 0.409 e. The second kappa shape index (κ2) is 4.03. The Labute approximate surface area is 78.5 Å². The van der Waals surface area contributed by atoms with E-state index in [0.29, 0.717) is 0 Å². The SMILES string of the molecule is N/C(=N\O)c1ccc(/C(N)=N/O)nn1. The molecule has 1 aromatic heterocycles. The van der Waals surface area contributed by atoms with Crippen LogP contribution in [0.25, 0.3) is 0 Å². The molecular formula is C6H8N6O2. The number of hydrogen-bond acceptors (Lipinski definition) is 6. The van der Waals surface area contributed by atoms with Gasteiger partial charge in [0.05, 0.1) is 0 Å². The summed E-state index contributed by atoms with van der Waals surface area (Å²) < 4.78 is 0. The highest BCUT2D eigenvalue weighted by molar-refractivity contribution is 5.97. The van der Waals surface area contributed by atoms with E-state index in [1.165, 1.54) is 12.1 Å². The molecule has 0 saturated carbocycles. The van der Waals surface area contributed by atoms with Crippen molar-refractivity contribution in [3.63, 3.8) is 0 Å². The number of aromatic nitrogens is 2.